The van der Waals surface area contributed by atoms with Crippen molar-refractivity contribution in [3.05, 3.63) is 64.7 Å². The predicted octanol–water partition coefficient (Wildman–Crippen LogP) is 4.19. The lowest BCUT2D eigenvalue weighted by Crippen LogP contribution is -2.29. The van der Waals surface area contributed by atoms with Crippen LogP contribution in [0.25, 0.3) is 22.1 Å². The molecule has 0 radical (unpaired) electrons. The summed E-state index contributed by atoms with van der Waals surface area (Å²) in [5.74, 6) is -0.936. The van der Waals surface area contributed by atoms with Gasteiger partial charge in [-0.1, -0.05) is 36.0 Å². The van der Waals surface area contributed by atoms with Crippen LogP contribution in [0.3, 0.4) is 0 Å². The van der Waals surface area contributed by atoms with E-state index in [4.69, 9.17) is 9.15 Å². The number of rotatable bonds is 6. The fraction of sp³-hybridized carbons (Fsp3) is 0.261. The fourth-order valence-corrected chi connectivity index (χ4v) is 4.60. The molecule has 0 aliphatic carbocycles. The summed E-state index contributed by atoms with van der Waals surface area (Å²) in [6.45, 7) is 0.989. The first-order valence-corrected chi connectivity index (χ1v) is 11.3. The van der Waals surface area contributed by atoms with Crippen molar-refractivity contribution in [3.63, 3.8) is 0 Å². The smallest absolute Gasteiger partial charge is 0.297 e. The molecule has 1 aliphatic rings. The van der Waals surface area contributed by atoms with Gasteiger partial charge in [0.05, 0.1) is 24.1 Å². The number of carbonyl (C=O) groups is 1. The van der Waals surface area contributed by atoms with E-state index in [1.54, 1.807) is 18.2 Å². The summed E-state index contributed by atoms with van der Waals surface area (Å²) in [6.07, 6.45) is 1.69. The third-order valence-corrected chi connectivity index (χ3v) is 6.31. The van der Waals surface area contributed by atoms with Crippen molar-refractivity contribution in [2.24, 2.45) is 0 Å². The Hall–Kier alpha value is -3.17. The van der Waals surface area contributed by atoms with Crippen LogP contribution in [0.1, 0.15) is 12.8 Å². The highest BCUT2D eigenvalue weighted by Gasteiger charge is 2.23. The number of nitrogens with one attached hydrogen (secondary N) is 1. The average Bonchev–Trinajstić information content (AvgIpc) is 3.44. The van der Waals surface area contributed by atoms with Crippen LogP contribution in [-0.4, -0.2) is 33.9 Å². The minimum absolute atomic E-state index is 0.0341. The van der Waals surface area contributed by atoms with Crippen LogP contribution in [0.2, 0.25) is 0 Å². The molecule has 1 aliphatic heterocycles. The highest BCUT2D eigenvalue weighted by atomic mass is 32.2. The first kappa shape index (κ1) is 20.7. The number of benzene rings is 2. The molecule has 1 N–H and O–H groups in total. The van der Waals surface area contributed by atoms with Crippen molar-refractivity contribution in [2.45, 2.75) is 30.6 Å². The summed E-state index contributed by atoms with van der Waals surface area (Å²) in [7, 11) is 0. The molecule has 4 aromatic rings. The molecule has 1 atom stereocenters. The second-order valence-electron chi connectivity index (χ2n) is 7.54. The molecule has 1 saturated heterocycles. The van der Waals surface area contributed by atoms with Crippen molar-refractivity contribution >= 4 is 45.4 Å². The maximum absolute atomic E-state index is 13.8. The first-order chi connectivity index (χ1) is 15.6. The highest BCUT2D eigenvalue weighted by Crippen LogP contribution is 2.28. The molecule has 164 valence electrons. The molecule has 2 aromatic heterocycles. The molecule has 7 nitrogen and oxygen atoms in total. The van der Waals surface area contributed by atoms with Gasteiger partial charge in [0.25, 0.3) is 5.56 Å². The Morgan fingerprint density at radius 2 is 2.03 bits per heavy atom. The normalized spacial score (nSPS) is 16.1. The van der Waals surface area contributed by atoms with Gasteiger partial charge in [0.1, 0.15) is 16.9 Å². The maximum atomic E-state index is 13.8. The summed E-state index contributed by atoms with van der Waals surface area (Å²) in [6, 6.07) is 13.3. The van der Waals surface area contributed by atoms with Gasteiger partial charge >= 0.3 is 0 Å². The predicted molar refractivity (Wildman–Crippen MR) is 121 cm³/mol. The maximum Gasteiger partial charge on any atom is 0.297 e. The van der Waals surface area contributed by atoms with E-state index in [1.165, 1.54) is 16.7 Å². The van der Waals surface area contributed by atoms with E-state index in [-0.39, 0.29) is 28.7 Å². The monoisotopic (exact) mass is 453 g/mol. The van der Waals surface area contributed by atoms with Crippen LogP contribution in [0, 0.1) is 5.82 Å². The number of carbonyl (C=O) groups excluding carboxylic acids is 1. The molecule has 32 heavy (non-hydrogen) atoms. The van der Waals surface area contributed by atoms with Crippen molar-refractivity contribution in [1.29, 1.82) is 0 Å². The van der Waals surface area contributed by atoms with Crippen LogP contribution >= 0.6 is 11.8 Å². The van der Waals surface area contributed by atoms with Crippen LogP contribution in [0.4, 0.5) is 10.1 Å². The number of halogens is 1. The number of anilines is 1. The molecule has 0 spiro atoms. The summed E-state index contributed by atoms with van der Waals surface area (Å²) in [5, 5.41) is 3.69. The van der Waals surface area contributed by atoms with E-state index in [0.29, 0.717) is 29.4 Å². The lowest BCUT2D eigenvalue weighted by Gasteiger charge is -2.15. The summed E-state index contributed by atoms with van der Waals surface area (Å²) in [4.78, 5) is 30.4. The average molecular weight is 453 g/mol. The Kier molecular flexibility index (Phi) is 5.67. The Labute approximate surface area is 186 Å². The largest absolute Gasteiger partial charge is 0.448 e. The van der Waals surface area contributed by atoms with E-state index in [1.807, 2.05) is 18.2 Å². The quantitative estimate of drug-likeness (QED) is 0.348. The van der Waals surface area contributed by atoms with Crippen LogP contribution in [-0.2, 0) is 16.1 Å². The number of ether oxygens (including phenoxy) is 1. The third-order valence-electron chi connectivity index (χ3n) is 5.34. The van der Waals surface area contributed by atoms with Crippen LogP contribution in [0.5, 0.6) is 0 Å². The SMILES string of the molecule is O=C(CSc1nc2c(oc3ccccc32)c(=O)n1C[C@H]1CCCO1)Nc1ccccc1F. The van der Waals surface area contributed by atoms with Gasteiger partial charge in [-0.05, 0) is 37.1 Å². The van der Waals surface area contributed by atoms with Gasteiger partial charge in [-0.25, -0.2) is 9.37 Å². The lowest BCUT2D eigenvalue weighted by molar-refractivity contribution is -0.113. The van der Waals surface area contributed by atoms with Crippen molar-refractivity contribution in [1.82, 2.24) is 9.55 Å². The summed E-state index contributed by atoms with van der Waals surface area (Å²) >= 11 is 1.12. The van der Waals surface area contributed by atoms with E-state index in [2.05, 4.69) is 10.3 Å². The van der Waals surface area contributed by atoms with Crippen molar-refractivity contribution in [3.8, 4) is 0 Å². The minimum Gasteiger partial charge on any atom is -0.448 e. The number of hydrogen-bond acceptors (Lipinski definition) is 6. The molecular weight excluding hydrogens is 433 g/mol. The van der Waals surface area contributed by atoms with E-state index in [0.717, 1.165) is 30.0 Å². The van der Waals surface area contributed by atoms with Crippen molar-refractivity contribution in [2.75, 3.05) is 17.7 Å². The number of amides is 1. The third kappa shape index (κ3) is 4.01. The molecular formula is C23H20FN3O4S. The highest BCUT2D eigenvalue weighted by molar-refractivity contribution is 7.99. The van der Waals surface area contributed by atoms with Gasteiger partial charge in [-0.2, -0.15) is 0 Å². The molecule has 0 bridgehead atoms. The van der Waals surface area contributed by atoms with Gasteiger partial charge in [0.15, 0.2) is 5.16 Å². The number of thioether (sulfide) groups is 1. The second-order valence-corrected chi connectivity index (χ2v) is 8.48. The van der Waals surface area contributed by atoms with E-state index >= 15 is 0 Å². The molecule has 1 fully saturated rings. The molecule has 9 heteroatoms. The van der Waals surface area contributed by atoms with Gasteiger partial charge in [-0.3, -0.25) is 14.2 Å². The molecule has 5 rings (SSSR count). The number of nitrogens with zero attached hydrogens (tertiary/aromatic N) is 2. The number of furan rings is 1. The molecule has 0 saturated carbocycles. The van der Waals surface area contributed by atoms with Gasteiger partial charge in [0, 0.05) is 12.0 Å². The van der Waals surface area contributed by atoms with Gasteiger partial charge < -0.3 is 14.5 Å². The number of para-hydroxylation sites is 2. The molecule has 2 aromatic carbocycles. The van der Waals surface area contributed by atoms with Crippen LogP contribution in [0.15, 0.2) is 62.9 Å². The van der Waals surface area contributed by atoms with Gasteiger partial charge in [-0.15, -0.1) is 0 Å². The first-order valence-electron chi connectivity index (χ1n) is 10.3. The second kappa shape index (κ2) is 8.76. The lowest BCUT2D eigenvalue weighted by atomic mass is 10.2. The Morgan fingerprint density at radius 1 is 1.22 bits per heavy atom. The number of fused-ring (bicyclic) bond motifs is 3. The zero-order valence-corrected chi connectivity index (χ0v) is 17.9. The zero-order chi connectivity index (χ0) is 22.1. The zero-order valence-electron chi connectivity index (χ0n) is 17.0. The van der Waals surface area contributed by atoms with E-state index < -0.39 is 11.7 Å². The van der Waals surface area contributed by atoms with Gasteiger partial charge in [0.2, 0.25) is 11.5 Å². The summed E-state index contributed by atoms with van der Waals surface area (Å²) in [5.41, 5.74) is 1.03. The van der Waals surface area contributed by atoms with E-state index in [9.17, 15) is 14.0 Å². The van der Waals surface area contributed by atoms with Crippen molar-refractivity contribution < 1.29 is 18.3 Å². The number of aromatic nitrogens is 2. The standard InChI is InChI=1S/C23H20FN3O4S/c24-16-8-2-3-9-17(16)25-19(28)13-32-23-26-20-15-7-1-4-10-18(15)31-21(20)22(29)27(23)12-14-6-5-11-30-14/h1-4,7-10,14H,5-6,11-13H2,(H,25,28)/t14-/m1/s1. The number of hydrogen-bond donors (Lipinski definition) is 1. The molecule has 0 unspecified atom stereocenters. The summed E-state index contributed by atoms with van der Waals surface area (Å²) < 4.78 is 26.9. The topological polar surface area (TPSA) is 86.4 Å². The fourth-order valence-electron chi connectivity index (χ4n) is 3.80. The Balaban J connectivity index is 1.48. The molecule has 3 heterocycles. The minimum atomic E-state index is -0.509. The Bertz CT molecular complexity index is 1360. The Morgan fingerprint density at radius 3 is 2.84 bits per heavy atom. The molecule has 1 amide bonds. The van der Waals surface area contributed by atoms with Crippen LogP contribution < -0.4 is 10.9 Å².